The Morgan fingerprint density at radius 3 is 2.56 bits per heavy atom. The minimum atomic E-state index is -0.455. The molecule has 4 aromatic rings. The number of hydrazone groups is 1. The van der Waals surface area contributed by atoms with Crippen molar-refractivity contribution in [1.29, 1.82) is 5.41 Å². The summed E-state index contributed by atoms with van der Waals surface area (Å²) in [5.41, 5.74) is 5.40. The van der Waals surface area contributed by atoms with Gasteiger partial charge in [0.2, 0.25) is 5.17 Å². The van der Waals surface area contributed by atoms with Crippen LogP contribution in [0.2, 0.25) is 0 Å². The van der Waals surface area contributed by atoms with Crippen LogP contribution in [0.25, 0.3) is 17.0 Å². The Morgan fingerprint density at radius 1 is 0.976 bits per heavy atom. The molecule has 0 saturated carbocycles. The smallest absolute Gasteiger partial charge is 0.283 e. The molecule has 9 heteroatoms. The fourth-order valence-corrected chi connectivity index (χ4v) is 5.83. The standard InChI is InChI=1S/C32H29N5O3S/c1-20-13-14-28(21(2)17-20)39-16-15-36-22(3)25(24-11-7-8-12-27(24)36)18-26-30(33)37-32(34-31(26)38)41-29(35-37)19-40-23-9-5-4-6-10-23/h4-14,17-18,33H,15-16,19H2,1-3H3/b26-18-,33-30?. The van der Waals surface area contributed by atoms with Gasteiger partial charge in [0.05, 0.1) is 12.1 Å². The van der Waals surface area contributed by atoms with E-state index >= 15 is 0 Å². The summed E-state index contributed by atoms with van der Waals surface area (Å²) in [4.78, 5) is 17.4. The van der Waals surface area contributed by atoms with Gasteiger partial charge in [-0.25, -0.2) is 0 Å². The highest BCUT2D eigenvalue weighted by Gasteiger charge is 2.36. The van der Waals surface area contributed by atoms with Crippen LogP contribution in [0.3, 0.4) is 0 Å². The van der Waals surface area contributed by atoms with Crippen LogP contribution in [0.1, 0.15) is 22.4 Å². The lowest BCUT2D eigenvalue weighted by atomic mass is 10.1. The number of fused-ring (bicyclic) bond motifs is 2. The van der Waals surface area contributed by atoms with Crippen molar-refractivity contribution in [1.82, 2.24) is 9.58 Å². The van der Waals surface area contributed by atoms with E-state index in [1.54, 1.807) is 6.08 Å². The number of hydrogen-bond acceptors (Lipinski definition) is 6. The van der Waals surface area contributed by atoms with Crippen LogP contribution in [-0.2, 0) is 11.3 Å². The molecule has 0 unspecified atom stereocenters. The number of para-hydroxylation sites is 2. The first-order valence-electron chi connectivity index (χ1n) is 13.3. The second-order valence-corrected chi connectivity index (χ2v) is 10.9. The summed E-state index contributed by atoms with van der Waals surface area (Å²) in [5, 5.41) is 16.8. The molecule has 1 aromatic heterocycles. The van der Waals surface area contributed by atoms with E-state index in [2.05, 4.69) is 46.7 Å². The molecule has 1 amide bonds. The van der Waals surface area contributed by atoms with E-state index in [1.165, 1.54) is 22.3 Å². The van der Waals surface area contributed by atoms with Crippen LogP contribution in [-0.4, -0.2) is 44.7 Å². The number of thioether (sulfide) groups is 1. The lowest BCUT2D eigenvalue weighted by Crippen LogP contribution is -2.35. The molecular weight excluding hydrogens is 534 g/mol. The average Bonchev–Trinajstić information content (AvgIpc) is 3.50. The fourth-order valence-electron chi connectivity index (χ4n) is 5.03. The zero-order chi connectivity index (χ0) is 28.5. The van der Waals surface area contributed by atoms with Crippen molar-refractivity contribution in [2.24, 2.45) is 10.1 Å². The number of aliphatic imine (C=N–C) groups is 1. The number of amidine groups is 2. The number of aromatic nitrogens is 1. The third-order valence-electron chi connectivity index (χ3n) is 7.07. The molecular formula is C32H29N5O3S. The quantitative estimate of drug-likeness (QED) is 0.253. The van der Waals surface area contributed by atoms with Gasteiger partial charge < -0.3 is 14.0 Å². The topological polar surface area (TPSA) is 92.3 Å². The number of rotatable bonds is 8. The highest BCUT2D eigenvalue weighted by molar-refractivity contribution is 8.27. The number of hydrogen-bond donors (Lipinski definition) is 1. The number of amides is 1. The normalized spacial score (nSPS) is 15.8. The molecule has 0 atom stereocenters. The lowest BCUT2D eigenvalue weighted by Gasteiger charge is -2.20. The Bertz CT molecular complexity index is 1770. The van der Waals surface area contributed by atoms with Gasteiger partial charge in [-0.2, -0.15) is 15.1 Å². The van der Waals surface area contributed by atoms with Gasteiger partial charge in [0.15, 0.2) is 5.84 Å². The molecule has 0 bridgehead atoms. The van der Waals surface area contributed by atoms with Crippen LogP contribution in [0, 0.1) is 26.2 Å². The minimum Gasteiger partial charge on any atom is -0.491 e. The molecule has 8 nitrogen and oxygen atoms in total. The van der Waals surface area contributed by atoms with Crippen molar-refractivity contribution in [3.63, 3.8) is 0 Å². The number of aryl methyl sites for hydroxylation is 2. The first-order valence-corrected chi connectivity index (χ1v) is 14.2. The molecule has 206 valence electrons. The maximum Gasteiger partial charge on any atom is 0.283 e. The fraction of sp³-hybridized carbons (Fsp3) is 0.188. The molecule has 0 spiro atoms. The van der Waals surface area contributed by atoms with Crippen molar-refractivity contribution >= 4 is 50.7 Å². The van der Waals surface area contributed by atoms with E-state index in [0.717, 1.165) is 39.2 Å². The van der Waals surface area contributed by atoms with Crippen LogP contribution in [0.5, 0.6) is 11.5 Å². The van der Waals surface area contributed by atoms with Gasteiger partial charge in [-0.3, -0.25) is 10.2 Å². The second kappa shape index (κ2) is 11.1. The number of nitrogens with zero attached hydrogens (tertiary/aromatic N) is 4. The SMILES string of the molecule is Cc1ccc(OCCn2c(C)c(/C=C3/C(=N)N4N=C(COc5ccccc5)SC4=NC3=O)c3ccccc32)c(C)c1. The minimum absolute atomic E-state index is 0.00313. The summed E-state index contributed by atoms with van der Waals surface area (Å²) in [5.74, 6) is 1.14. The van der Waals surface area contributed by atoms with Crippen LogP contribution < -0.4 is 9.47 Å². The van der Waals surface area contributed by atoms with E-state index in [0.29, 0.717) is 23.4 Å². The second-order valence-electron chi connectivity index (χ2n) is 9.90. The predicted octanol–water partition coefficient (Wildman–Crippen LogP) is 6.34. The average molecular weight is 564 g/mol. The Kier molecular flexibility index (Phi) is 7.19. The van der Waals surface area contributed by atoms with E-state index < -0.39 is 5.91 Å². The van der Waals surface area contributed by atoms with Crippen LogP contribution in [0.15, 0.2) is 88.5 Å². The van der Waals surface area contributed by atoms with Crippen LogP contribution in [0.4, 0.5) is 0 Å². The molecule has 41 heavy (non-hydrogen) atoms. The van der Waals surface area contributed by atoms with Crippen LogP contribution >= 0.6 is 11.8 Å². The van der Waals surface area contributed by atoms with E-state index in [1.807, 2.05) is 61.5 Å². The molecule has 0 aliphatic carbocycles. The summed E-state index contributed by atoms with van der Waals surface area (Å²) < 4.78 is 14.1. The Labute approximate surface area is 242 Å². The van der Waals surface area contributed by atoms with Gasteiger partial charge in [-0.1, -0.05) is 54.1 Å². The first-order chi connectivity index (χ1) is 19.9. The van der Waals surface area contributed by atoms with Crippen molar-refractivity contribution in [3.05, 3.63) is 101 Å². The molecule has 0 saturated heterocycles. The Balaban J connectivity index is 1.25. The first kappa shape index (κ1) is 26.6. The highest BCUT2D eigenvalue weighted by Crippen LogP contribution is 2.32. The number of carbonyl (C=O) groups excluding carboxylic acids is 1. The maximum absolute atomic E-state index is 13.1. The Morgan fingerprint density at radius 2 is 1.76 bits per heavy atom. The molecule has 3 heterocycles. The number of benzene rings is 3. The number of carbonyl (C=O) groups is 1. The Hall–Kier alpha value is -4.63. The molecule has 0 fully saturated rings. The molecule has 2 aliphatic rings. The molecule has 3 aromatic carbocycles. The maximum atomic E-state index is 13.1. The summed E-state index contributed by atoms with van der Waals surface area (Å²) in [6, 6.07) is 23.7. The monoisotopic (exact) mass is 563 g/mol. The molecule has 6 rings (SSSR count). The lowest BCUT2D eigenvalue weighted by molar-refractivity contribution is -0.114. The third kappa shape index (κ3) is 5.28. The van der Waals surface area contributed by atoms with E-state index in [4.69, 9.17) is 14.9 Å². The van der Waals surface area contributed by atoms with Gasteiger partial charge >= 0.3 is 0 Å². The van der Waals surface area contributed by atoms with Gasteiger partial charge in [0.1, 0.15) is 29.8 Å². The van der Waals surface area contributed by atoms with Crippen molar-refractivity contribution in [2.45, 2.75) is 27.3 Å². The third-order valence-corrected chi connectivity index (χ3v) is 7.96. The van der Waals surface area contributed by atoms with E-state index in [-0.39, 0.29) is 18.0 Å². The van der Waals surface area contributed by atoms with Crippen molar-refractivity contribution < 1.29 is 14.3 Å². The van der Waals surface area contributed by atoms with Gasteiger partial charge in [0.25, 0.3) is 5.91 Å². The van der Waals surface area contributed by atoms with E-state index in [9.17, 15) is 4.79 Å². The number of nitrogens with one attached hydrogen (secondary N) is 1. The summed E-state index contributed by atoms with van der Waals surface area (Å²) in [7, 11) is 0. The summed E-state index contributed by atoms with van der Waals surface area (Å²) in [6.07, 6.45) is 1.77. The van der Waals surface area contributed by atoms with Crippen molar-refractivity contribution in [3.8, 4) is 11.5 Å². The molecule has 0 radical (unpaired) electrons. The van der Waals surface area contributed by atoms with Gasteiger partial charge in [0, 0.05) is 22.2 Å². The number of ether oxygens (including phenoxy) is 2. The zero-order valence-corrected chi connectivity index (χ0v) is 23.9. The predicted molar refractivity (Wildman–Crippen MR) is 165 cm³/mol. The zero-order valence-electron chi connectivity index (χ0n) is 23.0. The summed E-state index contributed by atoms with van der Waals surface area (Å²) >= 11 is 1.24. The molecule has 2 aliphatic heterocycles. The summed E-state index contributed by atoms with van der Waals surface area (Å²) in [6.45, 7) is 7.50. The highest BCUT2D eigenvalue weighted by atomic mass is 32.2. The molecule has 1 N–H and O–H groups in total. The van der Waals surface area contributed by atoms with Gasteiger partial charge in [-0.15, -0.1) is 0 Å². The largest absolute Gasteiger partial charge is 0.491 e. The van der Waals surface area contributed by atoms with Crippen molar-refractivity contribution in [2.75, 3.05) is 13.2 Å². The van der Waals surface area contributed by atoms with Gasteiger partial charge in [-0.05, 0) is 68.4 Å².